The van der Waals surface area contributed by atoms with Crippen LogP contribution in [0.3, 0.4) is 0 Å². The third-order valence-electron chi connectivity index (χ3n) is 1.53. The molecule has 0 fully saturated rings. The van der Waals surface area contributed by atoms with Gasteiger partial charge in [-0.05, 0) is 6.92 Å². The molecule has 1 unspecified atom stereocenters. The van der Waals surface area contributed by atoms with Gasteiger partial charge in [-0.15, -0.1) is 11.3 Å². The Balaban J connectivity index is 2.42. The standard InChI is InChI=1S/C8H12N2O2S/c1-6(7-3-9-5-13-7)10-8(11)4-12-2/h3,5-6H,4H2,1-2H3,(H,10,11). The van der Waals surface area contributed by atoms with Gasteiger partial charge in [0.15, 0.2) is 0 Å². The van der Waals surface area contributed by atoms with Gasteiger partial charge in [-0.1, -0.05) is 0 Å². The summed E-state index contributed by atoms with van der Waals surface area (Å²) in [5.74, 6) is -0.108. The average Bonchev–Trinajstić information content (AvgIpc) is 2.55. The number of amides is 1. The van der Waals surface area contributed by atoms with Gasteiger partial charge in [-0.3, -0.25) is 9.78 Å². The zero-order chi connectivity index (χ0) is 9.68. The van der Waals surface area contributed by atoms with Crippen LogP contribution >= 0.6 is 11.3 Å². The summed E-state index contributed by atoms with van der Waals surface area (Å²) in [5.41, 5.74) is 1.74. The molecule has 0 saturated heterocycles. The van der Waals surface area contributed by atoms with E-state index in [1.54, 1.807) is 11.7 Å². The molecule has 0 spiro atoms. The lowest BCUT2D eigenvalue weighted by Crippen LogP contribution is -2.29. The van der Waals surface area contributed by atoms with Crippen molar-refractivity contribution in [2.45, 2.75) is 13.0 Å². The Bertz CT molecular complexity index is 261. The first-order chi connectivity index (χ1) is 6.24. The van der Waals surface area contributed by atoms with Crippen molar-refractivity contribution in [3.63, 3.8) is 0 Å². The fraction of sp³-hybridized carbons (Fsp3) is 0.500. The summed E-state index contributed by atoms with van der Waals surface area (Å²) in [5, 5.41) is 2.79. The minimum absolute atomic E-state index is 0.00940. The smallest absolute Gasteiger partial charge is 0.246 e. The monoisotopic (exact) mass is 200 g/mol. The fourth-order valence-electron chi connectivity index (χ4n) is 0.925. The van der Waals surface area contributed by atoms with Gasteiger partial charge in [0.05, 0.1) is 11.6 Å². The quantitative estimate of drug-likeness (QED) is 0.787. The number of carbonyl (C=O) groups excluding carboxylic acids is 1. The minimum Gasteiger partial charge on any atom is -0.375 e. The molecule has 4 nitrogen and oxygen atoms in total. The number of methoxy groups -OCH3 is 1. The summed E-state index contributed by atoms with van der Waals surface area (Å²) >= 11 is 1.52. The Morgan fingerprint density at radius 2 is 2.62 bits per heavy atom. The molecular weight excluding hydrogens is 188 g/mol. The van der Waals surface area contributed by atoms with Gasteiger partial charge in [0, 0.05) is 18.2 Å². The summed E-state index contributed by atoms with van der Waals surface area (Å²) in [6, 6.07) is 0.00940. The first-order valence-corrected chi connectivity index (χ1v) is 4.78. The Kier molecular flexibility index (Phi) is 3.85. The maximum absolute atomic E-state index is 11.1. The minimum atomic E-state index is -0.108. The molecule has 1 amide bonds. The van der Waals surface area contributed by atoms with E-state index in [1.165, 1.54) is 18.4 Å². The number of carbonyl (C=O) groups is 1. The van der Waals surface area contributed by atoms with Crippen LogP contribution in [0.2, 0.25) is 0 Å². The predicted molar refractivity (Wildman–Crippen MR) is 50.5 cm³/mol. The number of hydrogen-bond donors (Lipinski definition) is 1. The second-order valence-electron chi connectivity index (χ2n) is 2.63. The zero-order valence-electron chi connectivity index (χ0n) is 7.61. The van der Waals surface area contributed by atoms with E-state index in [9.17, 15) is 4.79 Å². The number of nitrogens with one attached hydrogen (secondary N) is 1. The number of aromatic nitrogens is 1. The van der Waals surface area contributed by atoms with E-state index < -0.39 is 0 Å². The molecule has 13 heavy (non-hydrogen) atoms. The predicted octanol–water partition coefficient (Wildman–Crippen LogP) is 0.967. The van der Waals surface area contributed by atoms with Gasteiger partial charge >= 0.3 is 0 Å². The highest BCUT2D eigenvalue weighted by Crippen LogP contribution is 2.15. The number of thiazole rings is 1. The topological polar surface area (TPSA) is 51.2 Å². The lowest BCUT2D eigenvalue weighted by molar-refractivity contribution is -0.125. The molecule has 0 aliphatic heterocycles. The molecule has 1 aromatic rings. The Labute approximate surface area is 80.9 Å². The van der Waals surface area contributed by atoms with Crippen molar-refractivity contribution in [3.05, 3.63) is 16.6 Å². The van der Waals surface area contributed by atoms with Crippen LogP contribution in [-0.4, -0.2) is 24.6 Å². The van der Waals surface area contributed by atoms with E-state index >= 15 is 0 Å². The van der Waals surface area contributed by atoms with E-state index in [2.05, 4.69) is 10.3 Å². The number of rotatable bonds is 4. The second-order valence-corrected chi connectivity index (χ2v) is 3.54. The summed E-state index contributed by atoms with van der Waals surface area (Å²) in [7, 11) is 1.50. The molecule has 0 bridgehead atoms. The number of hydrogen-bond acceptors (Lipinski definition) is 4. The highest BCUT2D eigenvalue weighted by Gasteiger charge is 2.09. The van der Waals surface area contributed by atoms with Crippen molar-refractivity contribution >= 4 is 17.2 Å². The van der Waals surface area contributed by atoms with Gasteiger partial charge in [0.25, 0.3) is 0 Å². The molecule has 1 rings (SSSR count). The van der Waals surface area contributed by atoms with Crippen molar-refractivity contribution in [2.24, 2.45) is 0 Å². The van der Waals surface area contributed by atoms with Crippen molar-refractivity contribution in [1.29, 1.82) is 0 Å². The van der Waals surface area contributed by atoms with Crippen LogP contribution in [0.5, 0.6) is 0 Å². The van der Waals surface area contributed by atoms with Crippen LogP contribution in [0.25, 0.3) is 0 Å². The van der Waals surface area contributed by atoms with Crippen LogP contribution in [0.4, 0.5) is 0 Å². The van der Waals surface area contributed by atoms with Crippen LogP contribution in [0.15, 0.2) is 11.7 Å². The zero-order valence-corrected chi connectivity index (χ0v) is 8.43. The van der Waals surface area contributed by atoms with Crippen LogP contribution in [0.1, 0.15) is 17.8 Å². The van der Waals surface area contributed by atoms with Crippen molar-refractivity contribution in [3.8, 4) is 0 Å². The maximum atomic E-state index is 11.1. The lowest BCUT2D eigenvalue weighted by atomic mass is 10.3. The van der Waals surface area contributed by atoms with Gasteiger partial charge < -0.3 is 10.1 Å². The highest BCUT2D eigenvalue weighted by molar-refractivity contribution is 7.09. The van der Waals surface area contributed by atoms with Crippen molar-refractivity contribution in [1.82, 2.24) is 10.3 Å². The summed E-state index contributed by atoms with van der Waals surface area (Å²) in [6.45, 7) is 2.02. The van der Waals surface area contributed by atoms with E-state index in [-0.39, 0.29) is 18.6 Å². The first kappa shape index (κ1) is 10.1. The van der Waals surface area contributed by atoms with Gasteiger partial charge in [-0.2, -0.15) is 0 Å². The van der Waals surface area contributed by atoms with Crippen LogP contribution < -0.4 is 5.32 Å². The molecule has 5 heteroatoms. The Hall–Kier alpha value is -0.940. The third-order valence-corrected chi connectivity index (χ3v) is 2.49. The van der Waals surface area contributed by atoms with Crippen molar-refractivity contribution < 1.29 is 9.53 Å². The Morgan fingerprint density at radius 1 is 1.85 bits per heavy atom. The van der Waals surface area contributed by atoms with Crippen molar-refractivity contribution in [2.75, 3.05) is 13.7 Å². The van der Waals surface area contributed by atoms with Crippen LogP contribution in [-0.2, 0) is 9.53 Å². The summed E-state index contributed by atoms with van der Waals surface area (Å²) in [4.78, 5) is 16.1. The highest BCUT2D eigenvalue weighted by atomic mass is 32.1. The van der Waals surface area contributed by atoms with E-state index in [4.69, 9.17) is 4.74 Å². The molecule has 1 aromatic heterocycles. The summed E-state index contributed by atoms with van der Waals surface area (Å²) < 4.78 is 4.70. The maximum Gasteiger partial charge on any atom is 0.246 e. The molecule has 0 aromatic carbocycles. The Morgan fingerprint density at radius 3 is 3.15 bits per heavy atom. The number of ether oxygens (including phenoxy) is 1. The SMILES string of the molecule is COCC(=O)NC(C)c1cncs1. The van der Waals surface area contributed by atoms with Crippen LogP contribution in [0, 0.1) is 0 Å². The molecule has 0 aliphatic carbocycles. The van der Waals surface area contributed by atoms with E-state index in [0.717, 1.165) is 4.88 Å². The second kappa shape index (κ2) is 4.94. The van der Waals surface area contributed by atoms with Gasteiger partial charge in [-0.25, -0.2) is 0 Å². The third kappa shape index (κ3) is 3.12. The lowest BCUT2D eigenvalue weighted by Gasteiger charge is -2.10. The molecule has 1 atom stereocenters. The molecule has 0 saturated carbocycles. The molecule has 1 heterocycles. The average molecular weight is 200 g/mol. The van der Waals surface area contributed by atoms with Gasteiger partial charge in [0.1, 0.15) is 6.61 Å². The summed E-state index contributed by atoms with van der Waals surface area (Å²) in [6.07, 6.45) is 1.75. The van der Waals surface area contributed by atoms with E-state index in [0.29, 0.717) is 0 Å². The number of nitrogens with zero attached hydrogens (tertiary/aromatic N) is 1. The van der Waals surface area contributed by atoms with Gasteiger partial charge in [0.2, 0.25) is 5.91 Å². The van der Waals surface area contributed by atoms with E-state index in [1.807, 2.05) is 6.92 Å². The fourth-order valence-corrected chi connectivity index (χ4v) is 1.55. The normalized spacial score (nSPS) is 12.5. The molecule has 0 aliphatic rings. The molecule has 0 radical (unpaired) electrons. The first-order valence-electron chi connectivity index (χ1n) is 3.90. The molecular formula is C8H12N2O2S. The molecule has 72 valence electrons. The molecule has 1 N–H and O–H groups in total. The largest absolute Gasteiger partial charge is 0.375 e.